The van der Waals surface area contributed by atoms with E-state index < -0.39 is 0 Å². The Morgan fingerprint density at radius 1 is 1.06 bits per heavy atom. The third kappa shape index (κ3) is 2.23. The van der Waals surface area contributed by atoms with Crippen LogP contribution in [0.25, 0.3) is 5.52 Å². The molecule has 2 heterocycles. The molecule has 0 aromatic carbocycles. The van der Waals surface area contributed by atoms with Gasteiger partial charge >= 0.3 is 0 Å². The van der Waals surface area contributed by atoms with Crippen molar-refractivity contribution in [2.45, 2.75) is 44.8 Å². The number of rotatable bonds is 1. The van der Waals surface area contributed by atoms with E-state index in [9.17, 15) is 0 Å². The van der Waals surface area contributed by atoms with Crippen molar-refractivity contribution in [1.29, 1.82) is 0 Å². The second kappa shape index (κ2) is 3.81. The third-order valence-electron chi connectivity index (χ3n) is 3.05. The Morgan fingerprint density at radius 2 is 1.71 bits per heavy atom. The molecule has 2 aromatic rings. The molecule has 2 heteroatoms. The summed E-state index contributed by atoms with van der Waals surface area (Å²) >= 11 is 4.74. The van der Waals surface area contributed by atoms with Gasteiger partial charge in [0.25, 0.3) is 0 Å². The molecule has 0 amide bonds. The lowest BCUT2D eigenvalue weighted by Crippen LogP contribution is -2.21. The van der Waals surface area contributed by atoms with Crippen LogP contribution in [0.5, 0.6) is 0 Å². The van der Waals surface area contributed by atoms with Crippen molar-refractivity contribution in [3.63, 3.8) is 0 Å². The second-order valence-electron chi connectivity index (χ2n) is 6.21. The Hall–Kier alpha value is -0.890. The van der Waals surface area contributed by atoms with Crippen molar-refractivity contribution < 1.29 is 0 Å². The van der Waals surface area contributed by atoms with Gasteiger partial charge in [-0.2, -0.15) is 12.6 Å². The first kappa shape index (κ1) is 12.6. The van der Waals surface area contributed by atoms with Gasteiger partial charge in [0.05, 0.1) is 0 Å². The van der Waals surface area contributed by atoms with Crippen LogP contribution in [0, 0.1) is 0 Å². The lowest BCUT2D eigenvalue weighted by atomic mass is 9.86. The van der Waals surface area contributed by atoms with E-state index in [0.29, 0.717) is 0 Å². The van der Waals surface area contributed by atoms with E-state index in [4.69, 9.17) is 12.6 Å². The maximum atomic E-state index is 4.74. The Bertz CT molecular complexity index is 538. The van der Waals surface area contributed by atoms with Crippen LogP contribution in [-0.4, -0.2) is 4.40 Å². The zero-order valence-electron chi connectivity index (χ0n) is 11.3. The van der Waals surface area contributed by atoms with Crippen molar-refractivity contribution in [1.82, 2.24) is 4.40 Å². The van der Waals surface area contributed by atoms with Gasteiger partial charge in [0, 0.05) is 27.6 Å². The molecule has 0 radical (unpaired) electrons. The largest absolute Gasteiger partial charge is 0.320 e. The second-order valence-corrected chi connectivity index (χ2v) is 7.33. The average Bonchev–Trinajstić information content (AvgIpc) is 2.54. The highest BCUT2D eigenvalue weighted by molar-refractivity contribution is 7.81. The molecule has 0 saturated heterocycles. The van der Waals surface area contributed by atoms with Crippen molar-refractivity contribution >= 4 is 18.1 Å². The van der Waals surface area contributed by atoms with Crippen LogP contribution in [0.3, 0.4) is 0 Å². The number of pyridine rings is 1. The predicted molar refractivity (Wildman–Crippen MR) is 78.1 cm³/mol. The monoisotopic (exact) mass is 247 g/mol. The molecule has 0 atom stereocenters. The van der Waals surface area contributed by atoms with E-state index in [1.54, 1.807) is 0 Å². The fraction of sp³-hybridized carbons (Fsp3) is 0.467. The fourth-order valence-corrected chi connectivity index (χ4v) is 2.53. The first-order valence-electron chi connectivity index (χ1n) is 6.05. The zero-order valence-corrected chi connectivity index (χ0v) is 12.2. The molecule has 0 N–H and O–H groups in total. The summed E-state index contributed by atoms with van der Waals surface area (Å²) < 4.78 is 2.17. The highest BCUT2D eigenvalue weighted by Crippen LogP contribution is 2.38. The summed E-state index contributed by atoms with van der Waals surface area (Å²) in [6.07, 6.45) is 2.14. The molecule has 0 unspecified atom stereocenters. The van der Waals surface area contributed by atoms with Crippen LogP contribution in [0.1, 0.15) is 45.9 Å². The van der Waals surface area contributed by atoms with Crippen molar-refractivity contribution in [2.24, 2.45) is 0 Å². The topological polar surface area (TPSA) is 4.41 Å². The van der Waals surface area contributed by atoms with E-state index in [1.807, 2.05) is 0 Å². The number of thiol groups is 1. The van der Waals surface area contributed by atoms with E-state index in [2.05, 4.69) is 69.5 Å². The number of aromatic nitrogens is 1. The summed E-state index contributed by atoms with van der Waals surface area (Å²) in [4.78, 5) is 0. The smallest absolute Gasteiger partial charge is 0.0456 e. The first-order valence-corrected chi connectivity index (χ1v) is 6.49. The first-order chi connectivity index (χ1) is 7.71. The minimum absolute atomic E-state index is 0.114. The SMILES string of the molecule is CC(C)(C)c1c(C(C)(C)S)cc2ccccn12. The lowest BCUT2D eigenvalue weighted by Gasteiger charge is -2.26. The fourth-order valence-electron chi connectivity index (χ4n) is 2.36. The summed E-state index contributed by atoms with van der Waals surface area (Å²) in [7, 11) is 0. The lowest BCUT2D eigenvalue weighted by molar-refractivity contribution is 0.548. The minimum atomic E-state index is -0.116. The predicted octanol–water partition coefficient (Wildman–Crippen LogP) is 4.40. The maximum absolute atomic E-state index is 4.74. The molecule has 0 bridgehead atoms. The van der Waals surface area contributed by atoms with Crippen molar-refractivity contribution in [3.05, 3.63) is 41.7 Å². The zero-order chi connectivity index (χ0) is 12.8. The average molecular weight is 247 g/mol. The Morgan fingerprint density at radius 3 is 2.24 bits per heavy atom. The number of hydrogen-bond donors (Lipinski definition) is 1. The molecular weight excluding hydrogens is 226 g/mol. The molecule has 0 aliphatic heterocycles. The Labute approximate surface area is 109 Å². The van der Waals surface area contributed by atoms with Gasteiger partial charge in [-0.05, 0) is 37.6 Å². The van der Waals surface area contributed by atoms with Gasteiger partial charge in [-0.3, -0.25) is 0 Å². The molecule has 2 aromatic heterocycles. The van der Waals surface area contributed by atoms with Crippen molar-refractivity contribution in [3.8, 4) is 0 Å². The molecule has 0 fully saturated rings. The molecule has 2 rings (SSSR count). The third-order valence-corrected chi connectivity index (χ3v) is 3.29. The molecule has 17 heavy (non-hydrogen) atoms. The van der Waals surface area contributed by atoms with Gasteiger partial charge in [0.15, 0.2) is 0 Å². The van der Waals surface area contributed by atoms with Crippen LogP contribution >= 0.6 is 12.6 Å². The minimum Gasteiger partial charge on any atom is -0.320 e. The molecular formula is C15H21NS. The molecule has 1 nitrogen and oxygen atoms in total. The normalized spacial score (nSPS) is 13.3. The van der Waals surface area contributed by atoms with Crippen LogP contribution in [0.2, 0.25) is 0 Å². The molecule has 92 valence electrons. The highest BCUT2D eigenvalue weighted by Gasteiger charge is 2.29. The molecule has 0 aliphatic carbocycles. The highest BCUT2D eigenvalue weighted by atomic mass is 32.1. The number of fused-ring (bicyclic) bond motifs is 1. The van der Waals surface area contributed by atoms with Crippen LogP contribution < -0.4 is 0 Å². The van der Waals surface area contributed by atoms with Gasteiger partial charge in [-0.1, -0.05) is 26.8 Å². The quantitative estimate of drug-likeness (QED) is 0.712. The number of nitrogens with zero attached hydrogens (tertiary/aromatic N) is 1. The van der Waals surface area contributed by atoms with Crippen LogP contribution in [-0.2, 0) is 10.2 Å². The molecule has 0 aliphatic rings. The Balaban J connectivity index is 2.84. The van der Waals surface area contributed by atoms with E-state index in [0.717, 1.165) is 0 Å². The van der Waals surface area contributed by atoms with E-state index in [1.165, 1.54) is 16.8 Å². The summed E-state index contributed by atoms with van der Waals surface area (Å²) in [6.45, 7) is 11.1. The number of hydrogen-bond acceptors (Lipinski definition) is 1. The van der Waals surface area contributed by atoms with Crippen molar-refractivity contribution in [2.75, 3.05) is 0 Å². The van der Waals surface area contributed by atoms with Crippen LogP contribution in [0.4, 0.5) is 0 Å². The summed E-state index contributed by atoms with van der Waals surface area (Å²) in [5, 5.41) is 0. The van der Waals surface area contributed by atoms with Gasteiger partial charge < -0.3 is 4.40 Å². The van der Waals surface area contributed by atoms with Gasteiger partial charge in [-0.15, -0.1) is 0 Å². The van der Waals surface area contributed by atoms with E-state index >= 15 is 0 Å². The van der Waals surface area contributed by atoms with Crippen LogP contribution in [0.15, 0.2) is 30.5 Å². The summed E-state index contributed by atoms with van der Waals surface area (Å²) in [5.41, 5.74) is 4.03. The van der Waals surface area contributed by atoms with E-state index in [-0.39, 0.29) is 10.2 Å². The standard InChI is InChI=1S/C15H21NS/c1-14(2,3)13-12(15(4,5)17)10-11-8-6-7-9-16(11)13/h6-10,17H,1-5H3. The molecule has 0 saturated carbocycles. The summed E-state index contributed by atoms with van der Waals surface area (Å²) in [6, 6.07) is 8.57. The van der Waals surface area contributed by atoms with Gasteiger partial charge in [-0.25, -0.2) is 0 Å². The summed E-state index contributed by atoms with van der Waals surface area (Å²) in [5.74, 6) is 0. The van der Waals surface area contributed by atoms with Gasteiger partial charge in [0.2, 0.25) is 0 Å². The maximum Gasteiger partial charge on any atom is 0.0456 e. The molecule has 0 spiro atoms. The Kier molecular flexibility index (Phi) is 2.81. The van der Waals surface area contributed by atoms with Gasteiger partial charge in [0.1, 0.15) is 0 Å².